The van der Waals surface area contributed by atoms with Gasteiger partial charge in [-0.3, -0.25) is 0 Å². The molecule has 0 bridgehead atoms. The molecule has 2 N–H and O–H groups in total. The SMILES string of the molecule is CC1Cc2ccccc2N1c1ccc(S(C)(=O)=O)cc1N. The van der Waals surface area contributed by atoms with E-state index in [1.807, 2.05) is 12.1 Å². The molecule has 2 aromatic carbocycles. The van der Waals surface area contributed by atoms with Crippen molar-refractivity contribution in [1.29, 1.82) is 0 Å². The van der Waals surface area contributed by atoms with Gasteiger partial charge in [0.2, 0.25) is 0 Å². The maximum absolute atomic E-state index is 11.6. The first-order valence-electron chi connectivity index (χ1n) is 6.84. The highest BCUT2D eigenvalue weighted by atomic mass is 32.2. The number of para-hydroxylation sites is 1. The lowest BCUT2D eigenvalue weighted by molar-refractivity contribution is 0.602. The van der Waals surface area contributed by atoms with E-state index in [0.717, 1.165) is 17.8 Å². The summed E-state index contributed by atoms with van der Waals surface area (Å²) < 4.78 is 23.2. The van der Waals surface area contributed by atoms with Crippen LogP contribution in [-0.2, 0) is 16.3 Å². The summed E-state index contributed by atoms with van der Waals surface area (Å²) in [6.45, 7) is 2.14. The molecule has 0 spiro atoms. The largest absolute Gasteiger partial charge is 0.397 e. The molecule has 0 aliphatic carbocycles. The quantitative estimate of drug-likeness (QED) is 0.866. The summed E-state index contributed by atoms with van der Waals surface area (Å²) in [7, 11) is -3.24. The fourth-order valence-corrected chi connectivity index (χ4v) is 3.57. The normalized spacial score (nSPS) is 17.8. The van der Waals surface area contributed by atoms with Gasteiger partial charge >= 0.3 is 0 Å². The molecule has 110 valence electrons. The van der Waals surface area contributed by atoms with Crippen LogP contribution in [0, 0.1) is 0 Å². The van der Waals surface area contributed by atoms with Crippen molar-refractivity contribution in [2.24, 2.45) is 0 Å². The second-order valence-corrected chi connectivity index (χ2v) is 7.56. The standard InChI is InChI=1S/C16H18N2O2S/c1-11-9-12-5-3-4-6-15(12)18(11)16-8-7-13(10-14(16)17)21(2,19)20/h3-8,10-11H,9,17H2,1-2H3. The van der Waals surface area contributed by atoms with Gasteiger partial charge in [-0.25, -0.2) is 8.42 Å². The number of hydrogen-bond donors (Lipinski definition) is 1. The molecule has 21 heavy (non-hydrogen) atoms. The Kier molecular flexibility index (Phi) is 3.17. The third-order valence-corrected chi connectivity index (χ3v) is 5.00. The van der Waals surface area contributed by atoms with Gasteiger partial charge in [-0.05, 0) is 43.2 Å². The Bertz CT molecular complexity index is 800. The smallest absolute Gasteiger partial charge is 0.175 e. The third kappa shape index (κ3) is 2.38. The summed E-state index contributed by atoms with van der Waals surface area (Å²) in [4.78, 5) is 2.43. The molecule has 4 nitrogen and oxygen atoms in total. The predicted molar refractivity (Wildman–Crippen MR) is 85.7 cm³/mol. The molecule has 1 heterocycles. The summed E-state index contributed by atoms with van der Waals surface area (Å²) in [5.74, 6) is 0. The van der Waals surface area contributed by atoms with E-state index in [2.05, 4.69) is 24.0 Å². The van der Waals surface area contributed by atoms with Crippen molar-refractivity contribution >= 4 is 26.9 Å². The Balaban J connectivity index is 2.10. The van der Waals surface area contributed by atoms with Gasteiger partial charge in [0, 0.05) is 18.0 Å². The van der Waals surface area contributed by atoms with Crippen LogP contribution in [0.3, 0.4) is 0 Å². The predicted octanol–water partition coefficient (Wildman–Crippen LogP) is 2.75. The minimum atomic E-state index is -3.24. The van der Waals surface area contributed by atoms with Gasteiger partial charge < -0.3 is 10.6 Å². The number of nitrogen functional groups attached to an aromatic ring is 1. The summed E-state index contributed by atoms with van der Waals surface area (Å²) in [6, 6.07) is 13.5. The van der Waals surface area contributed by atoms with Gasteiger partial charge in [0.1, 0.15) is 0 Å². The monoisotopic (exact) mass is 302 g/mol. The highest BCUT2D eigenvalue weighted by Gasteiger charge is 2.28. The van der Waals surface area contributed by atoms with Crippen LogP contribution in [0.25, 0.3) is 0 Å². The van der Waals surface area contributed by atoms with Gasteiger partial charge in [-0.2, -0.15) is 0 Å². The number of fused-ring (bicyclic) bond motifs is 1. The lowest BCUT2D eigenvalue weighted by atomic mass is 10.1. The van der Waals surface area contributed by atoms with Crippen molar-refractivity contribution < 1.29 is 8.42 Å². The minimum absolute atomic E-state index is 0.254. The molecular weight excluding hydrogens is 284 g/mol. The Morgan fingerprint density at radius 2 is 1.86 bits per heavy atom. The minimum Gasteiger partial charge on any atom is -0.397 e. The van der Waals surface area contributed by atoms with Crippen LogP contribution in [0.1, 0.15) is 12.5 Å². The molecule has 0 radical (unpaired) electrons. The van der Waals surface area contributed by atoms with Crippen LogP contribution in [0.4, 0.5) is 17.1 Å². The molecule has 1 aliphatic heterocycles. The number of benzene rings is 2. The van der Waals surface area contributed by atoms with E-state index in [0.29, 0.717) is 11.7 Å². The van der Waals surface area contributed by atoms with Crippen LogP contribution in [0.2, 0.25) is 0 Å². The summed E-state index contributed by atoms with van der Waals surface area (Å²) in [6.07, 6.45) is 2.15. The number of rotatable bonds is 2. The maximum Gasteiger partial charge on any atom is 0.175 e. The van der Waals surface area contributed by atoms with Crippen molar-refractivity contribution in [3.8, 4) is 0 Å². The van der Waals surface area contributed by atoms with E-state index in [9.17, 15) is 8.42 Å². The molecule has 3 rings (SSSR count). The van der Waals surface area contributed by atoms with Gasteiger partial charge in [-0.1, -0.05) is 18.2 Å². The molecule has 0 saturated carbocycles. The molecular formula is C16H18N2O2S. The van der Waals surface area contributed by atoms with E-state index in [1.165, 1.54) is 11.8 Å². The number of anilines is 3. The van der Waals surface area contributed by atoms with Gasteiger partial charge in [-0.15, -0.1) is 0 Å². The zero-order valence-corrected chi connectivity index (χ0v) is 12.9. The van der Waals surface area contributed by atoms with Crippen LogP contribution in [-0.4, -0.2) is 20.7 Å². The average molecular weight is 302 g/mol. The second kappa shape index (κ2) is 4.77. The molecule has 0 saturated heterocycles. The fraction of sp³-hybridized carbons (Fsp3) is 0.250. The van der Waals surface area contributed by atoms with Crippen LogP contribution in [0.15, 0.2) is 47.4 Å². The summed E-state index contributed by atoms with van der Waals surface area (Å²) in [5.41, 5.74) is 9.89. The Morgan fingerprint density at radius 1 is 1.14 bits per heavy atom. The topological polar surface area (TPSA) is 63.4 Å². The molecule has 0 fully saturated rings. The fourth-order valence-electron chi connectivity index (χ4n) is 2.92. The highest BCUT2D eigenvalue weighted by Crippen LogP contribution is 2.41. The van der Waals surface area contributed by atoms with E-state index in [1.54, 1.807) is 18.2 Å². The maximum atomic E-state index is 11.6. The molecule has 1 aliphatic rings. The number of nitrogens with zero attached hydrogens (tertiary/aromatic N) is 1. The third-order valence-electron chi connectivity index (χ3n) is 3.89. The van der Waals surface area contributed by atoms with E-state index in [-0.39, 0.29) is 4.90 Å². The molecule has 1 atom stereocenters. The van der Waals surface area contributed by atoms with Crippen LogP contribution >= 0.6 is 0 Å². The lowest BCUT2D eigenvalue weighted by Gasteiger charge is -2.26. The summed E-state index contributed by atoms with van der Waals surface area (Å²) >= 11 is 0. The van der Waals surface area contributed by atoms with Crippen molar-refractivity contribution in [1.82, 2.24) is 0 Å². The first-order chi connectivity index (χ1) is 9.88. The number of hydrogen-bond acceptors (Lipinski definition) is 4. The Hall–Kier alpha value is -2.01. The van der Waals surface area contributed by atoms with Crippen LogP contribution in [0.5, 0.6) is 0 Å². The Labute approximate surface area is 125 Å². The van der Waals surface area contributed by atoms with Gasteiger partial charge in [0.25, 0.3) is 0 Å². The molecule has 2 aromatic rings. The van der Waals surface area contributed by atoms with E-state index >= 15 is 0 Å². The Morgan fingerprint density at radius 3 is 2.52 bits per heavy atom. The average Bonchev–Trinajstić information content (AvgIpc) is 2.74. The zero-order chi connectivity index (χ0) is 15.2. The molecule has 5 heteroatoms. The van der Waals surface area contributed by atoms with E-state index in [4.69, 9.17) is 5.73 Å². The first-order valence-corrected chi connectivity index (χ1v) is 8.74. The lowest BCUT2D eigenvalue weighted by Crippen LogP contribution is -2.24. The number of sulfone groups is 1. The summed E-state index contributed by atoms with van der Waals surface area (Å²) in [5, 5.41) is 0. The van der Waals surface area contributed by atoms with Gasteiger partial charge in [0.05, 0.1) is 16.3 Å². The van der Waals surface area contributed by atoms with Gasteiger partial charge in [0.15, 0.2) is 9.84 Å². The molecule has 0 aromatic heterocycles. The van der Waals surface area contributed by atoms with Crippen molar-refractivity contribution in [3.63, 3.8) is 0 Å². The second-order valence-electron chi connectivity index (χ2n) is 5.54. The highest BCUT2D eigenvalue weighted by molar-refractivity contribution is 7.90. The van der Waals surface area contributed by atoms with E-state index < -0.39 is 9.84 Å². The first kappa shape index (κ1) is 13.9. The molecule has 1 unspecified atom stereocenters. The number of nitrogens with two attached hydrogens (primary N) is 1. The van der Waals surface area contributed by atoms with Crippen LogP contribution < -0.4 is 10.6 Å². The zero-order valence-electron chi connectivity index (χ0n) is 12.1. The molecule has 0 amide bonds. The van der Waals surface area contributed by atoms with Crippen molar-refractivity contribution in [3.05, 3.63) is 48.0 Å². The van der Waals surface area contributed by atoms with Crippen molar-refractivity contribution in [2.45, 2.75) is 24.3 Å². The van der Waals surface area contributed by atoms with Crippen molar-refractivity contribution in [2.75, 3.05) is 16.9 Å².